The molecular weight excluding hydrogens is 182 g/mol. The Balaban J connectivity index is 3.64. The molecule has 0 saturated heterocycles. The van der Waals surface area contributed by atoms with E-state index in [1.165, 1.54) is 0 Å². The number of hydrogen-bond acceptors (Lipinski definition) is 3. The van der Waals surface area contributed by atoms with E-state index in [1.54, 1.807) is 0 Å². The second-order valence-electron chi connectivity index (χ2n) is 2.27. The normalized spacial score (nSPS) is 23.4. The molecule has 14 heavy (non-hydrogen) atoms. The van der Waals surface area contributed by atoms with Crippen LogP contribution < -0.4 is 10.5 Å². The summed E-state index contributed by atoms with van der Waals surface area (Å²) in [6.07, 6.45) is -2.93. The molecule has 0 saturated carbocycles. The molecule has 0 aliphatic carbocycles. The molecule has 0 aliphatic rings. The number of benzene rings is 1. The average Bonchev–Trinajstić information content (AvgIpc) is 2.39. The van der Waals surface area contributed by atoms with Crippen LogP contribution in [0.1, 0.15) is 17.9 Å². The van der Waals surface area contributed by atoms with Crippen LogP contribution in [-0.4, -0.2) is 24.2 Å². The largest absolute Gasteiger partial charge is 0.497 e. The molecule has 0 fully saturated rings. The van der Waals surface area contributed by atoms with E-state index >= 15 is 0 Å². The smallest absolute Gasteiger partial charge is 0.320 e. The van der Waals surface area contributed by atoms with Gasteiger partial charge in [0.1, 0.15) is 11.8 Å². The third-order valence-corrected chi connectivity index (χ3v) is 1.27. The van der Waals surface area contributed by atoms with Gasteiger partial charge in [-0.3, -0.25) is 4.79 Å². The molecule has 0 heterocycles. The van der Waals surface area contributed by atoms with E-state index in [1.807, 2.05) is 0 Å². The first-order chi connectivity index (χ1) is 10.2. The Morgan fingerprint density at radius 3 is 2.93 bits per heavy atom. The third kappa shape index (κ3) is 2.74. The van der Waals surface area contributed by atoms with Crippen LogP contribution in [0.15, 0.2) is 24.2 Å². The minimum Gasteiger partial charge on any atom is -0.497 e. The SMILES string of the molecule is [2H]c1c([2H])c(C([2H])([2H])[C@H](N)C(=O)O)c([2H])c([2H])c1OC([2H])([2H])[2H]. The standard InChI is InChI=1S/C10H13NO3/c1-14-8-4-2-7(3-5-8)6-9(11)10(12)13/h2-5,9H,6,11H2,1H3,(H,12,13)/t9-/m0/s1/i1D3,2D,3D,4D,5D,6D2. The van der Waals surface area contributed by atoms with Gasteiger partial charge in [-0.25, -0.2) is 0 Å². The summed E-state index contributed by atoms with van der Waals surface area (Å²) in [5, 5.41) is 8.83. The number of aliphatic carboxylic acids is 1. The lowest BCUT2D eigenvalue weighted by Gasteiger charge is -2.06. The van der Waals surface area contributed by atoms with Crippen molar-refractivity contribution in [2.75, 3.05) is 7.04 Å². The number of carboxylic acids is 1. The van der Waals surface area contributed by atoms with E-state index in [2.05, 4.69) is 4.74 Å². The highest BCUT2D eigenvalue weighted by atomic mass is 16.5. The van der Waals surface area contributed by atoms with Crippen molar-refractivity contribution in [2.24, 2.45) is 5.73 Å². The maximum Gasteiger partial charge on any atom is 0.320 e. The van der Waals surface area contributed by atoms with Crippen molar-refractivity contribution in [1.82, 2.24) is 0 Å². The van der Waals surface area contributed by atoms with Crippen LogP contribution in [0.3, 0.4) is 0 Å². The maximum absolute atomic E-state index is 10.9. The van der Waals surface area contributed by atoms with Crippen molar-refractivity contribution < 1.29 is 27.0 Å². The van der Waals surface area contributed by atoms with Gasteiger partial charge in [0.15, 0.2) is 0 Å². The van der Waals surface area contributed by atoms with Gasteiger partial charge in [-0.1, -0.05) is 12.1 Å². The van der Waals surface area contributed by atoms with Crippen LogP contribution in [0.5, 0.6) is 5.75 Å². The Kier molecular flexibility index (Phi) is 1.17. The molecule has 76 valence electrons. The summed E-state index contributed by atoms with van der Waals surface area (Å²) in [4.78, 5) is 10.9. The summed E-state index contributed by atoms with van der Waals surface area (Å²) in [6, 6.07) is -5.97. The highest BCUT2D eigenvalue weighted by molar-refractivity contribution is 5.73. The number of hydrogen-bond donors (Lipinski definition) is 2. The van der Waals surface area contributed by atoms with Crippen LogP contribution in [-0.2, 0) is 11.2 Å². The molecule has 0 amide bonds. The topological polar surface area (TPSA) is 72.6 Å². The number of carbonyl (C=O) groups is 1. The van der Waals surface area contributed by atoms with Crippen LogP contribution in [0, 0.1) is 0 Å². The van der Waals surface area contributed by atoms with Crippen molar-refractivity contribution in [1.29, 1.82) is 0 Å². The van der Waals surface area contributed by atoms with Gasteiger partial charge in [0, 0.05) is 2.74 Å². The summed E-state index contributed by atoms with van der Waals surface area (Å²) in [6.45, 7) is 0. The van der Waals surface area contributed by atoms with Crippen molar-refractivity contribution in [3.63, 3.8) is 0 Å². The summed E-state index contributed by atoms with van der Waals surface area (Å²) < 4.78 is 71.5. The van der Waals surface area contributed by atoms with Gasteiger partial charge in [0.2, 0.25) is 0 Å². The van der Waals surface area contributed by atoms with Crippen LogP contribution in [0.4, 0.5) is 0 Å². The predicted molar refractivity (Wildman–Crippen MR) is 52.3 cm³/mol. The highest BCUT2D eigenvalue weighted by Gasteiger charge is 2.11. The monoisotopic (exact) mass is 204 g/mol. The van der Waals surface area contributed by atoms with Gasteiger partial charge in [-0.15, -0.1) is 0 Å². The molecule has 0 aromatic heterocycles. The lowest BCUT2D eigenvalue weighted by molar-refractivity contribution is -0.138. The molecule has 1 aromatic rings. The van der Waals surface area contributed by atoms with E-state index in [4.69, 9.17) is 23.2 Å². The molecule has 0 aliphatic heterocycles. The number of ether oxygens (including phenoxy) is 1. The van der Waals surface area contributed by atoms with Crippen molar-refractivity contribution in [2.45, 2.75) is 12.4 Å². The Morgan fingerprint density at radius 2 is 2.43 bits per heavy atom. The zero-order chi connectivity index (χ0) is 18.3. The van der Waals surface area contributed by atoms with E-state index in [-0.39, 0.29) is 0 Å². The van der Waals surface area contributed by atoms with Gasteiger partial charge in [0.05, 0.1) is 16.6 Å². The van der Waals surface area contributed by atoms with Crippen molar-refractivity contribution in [3.05, 3.63) is 29.7 Å². The lowest BCUT2D eigenvalue weighted by atomic mass is 10.1. The zero-order valence-corrected chi connectivity index (χ0v) is 6.92. The molecule has 1 rings (SSSR count). The Labute approximate surface area is 94.9 Å². The Hall–Kier alpha value is -1.55. The number of methoxy groups -OCH3 is 1. The fraction of sp³-hybridized carbons (Fsp3) is 0.300. The Bertz CT molecular complexity index is 614. The predicted octanol–water partition coefficient (Wildman–Crippen LogP) is 0.650. The van der Waals surface area contributed by atoms with Gasteiger partial charge in [0.25, 0.3) is 0 Å². The first-order valence-corrected chi connectivity index (χ1v) is 3.50. The molecule has 1 aromatic carbocycles. The van der Waals surface area contributed by atoms with Crippen molar-refractivity contribution in [3.8, 4) is 5.75 Å². The van der Waals surface area contributed by atoms with E-state index in [0.29, 0.717) is 0 Å². The Morgan fingerprint density at radius 1 is 1.79 bits per heavy atom. The molecule has 0 unspecified atom stereocenters. The summed E-state index contributed by atoms with van der Waals surface area (Å²) >= 11 is 0. The second-order valence-corrected chi connectivity index (χ2v) is 2.27. The molecule has 0 bridgehead atoms. The summed E-state index contributed by atoms with van der Waals surface area (Å²) in [5.74, 6) is -2.63. The fourth-order valence-corrected chi connectivity index (χ4v) is 0.641. The first-order valence-electron chi connectivity index (χ1n) is 8.00. The number of nitrogens with two attached hydrogens (primary N) is 1. The van der Waals surface area contributed by atoms with Gasteiger partial charge in [-0.05, 0) is 24.0 Å². The molecule has 4 heteroatoms. The molecule has 3 N–H and O–H groups in total. The van der Waals surface area contributed by atoms with Crippen LogP contribution in [0.25, 0.3) is 0 Å². The van der Waals surface area contributed by atoms with E-state index in [9.17, 15) is 4.79 Å². The molecular formula is C10H13NO3. The van der Waals surface area contributed by atoms with E-state index < -0.39 is 60.9 Å². The number of carboxylic acid groups (broad SMARTS) is 1. The van der Waals surface area contributed by atoms with Crippen LogP contribution >= 0.6 is 0 Å². The average molecular weight is 204 g/mol. The lowest BCUT2D eigenvalue weighted by Crippen LogP contribution is -2.32. The van der Waals surface area contributed by atoms with Gasteiger partial charge in [-0.2, -0.15) is 0 Å². The highest BCUT2D eigenvalue weighted by Crippen LogP contribution is 2.12. The number of rotatable bonds is 4. The first kappa shape index (κ1) is 3.55. The molecule has 4 nitrogen and oxygen atoms in total. The quantitative estimate of drug-likeness (QED) is 0.755. The minimum atomic E-state index is -3.04. The summed E-state index contributed by atoms with van der Waals surface area (Å²) in [5.41, 5.74) is 4.33. The van der Waals surface area contributed by atoms with Gasteiger partial charge < -0.3 is 15.6 Å². The molecule has 0 radical (unpaired) electrons. The molecule has 1 atom stereocenters. The fourth-order valence-electron chi connectivity index (χ4n) is 0.641. The zero-order valence-electron chi connectivity index (χ0n) is 15.9. The third-order valence-electron chi connectivity index (χ3n) is 1.27. The van der Waals surface area contributed by atoms with E-state index in [0.717, 1.165) is 0 Å². The van der Waals surface area contributed by atoms with Gasteiger partial charge >= 0.3 is 5.97 Å². The maximum atomic E-state index is 10.9. The van der Waals surface area contributed by atoms with Crippen molar-refractivity contribution >= 4 is 5.97 Å². The second kappa shape index (κ2) is 4.62. The minimum absolute atomic E-state index is 0.886. The van der Waals surface area contributed by atoms with Crippen LogP contribution in [0.2, 0.25) is 0 Å². The summed E-state index contributed by atoms with van der Waals surface area (Å²) in [7, 11) is -3.04. The molecule has 0 spiro atoms.